The van der Waals surface area contributed by atoms with E-state index >= 15 is 0 Å². The molecule has 1 unspecified atom stereocenters. The van der Waals surface area contributed by atoms with Crippen LogP contribution in [0.4, 0.5) is 39.5 Å². The Morgan fingerprint density at radius 3 is 1.10 bits per heavy atom. The van der Waals surface area contributed by atoms with Gasteiger partial charge in [-0.2, -0.15) is 39.5 Å². The molecule has 296 valence electrons. The van der Waals surface area contributed by atoms with Crippen LogP contribution in [-0.4, -0.2) is 120 Å². The van der Waals surface area contributed by atoms with Gasteiger partial charge in [0.05, 0.1) is 0 Å². The van der Waals surface area contributed by atoms with Crippen molar-refractivity contribution in [1.29, 1.82) is 5.41 Å². The van der Waals surface area contributed by atoms with Gasteiger partial charge in [0, 0.05) is 19.6 Å². The number of hydrogen-bond donors (Lipinski definition) is 11. The van der Waals surface area contributed by atoms with E-state index in [2.05, 4.69) is 21.3 Å². The fourth-order valence-corrected chi connectivity index (χ4v) is 2.64. The zero-order valence-corrected chi connectivity index (χ0v) is 26.6. The first kappa shape index (κ1) is 52.7. The van der Waals surface area contributed by atoms with Crippen molar-refractivity contribution in [2.45, 2.75) is 82.4 Å². The molecular formula is C25H44F9N7O9. The third kappa shape index (κ3) is 40.0. The maximum absolute atomic E-state index is 11.8. The zero-order chi connectivity index (χ0) is 40.0. The van der Waals surface area contributed by atoms with Gasteiger partial charge in [-0.1, -0.05) is 25.7 Å². The zero-order valence-electron chi connectivity index (χ0n) is 26.6. The maximum atomic E-state index is 11.8. The highest BCUT2D eigenvalue weighted by atomic mass is 19.4. The number of hydrogen-bond acceptors (Lipinski definition) is 9. The quantitative estimate of drug-likeness (QED) is 0.0289. The average Bonchev–Trinajstić information content (AvgIpc) is 2.98. The molecule has 0 rings (SSSR count). The van der Waals surface area contributed by atoms with Crippen molar-refractivity contribution < 1.29 is 83.9 Å². The van der Waals surface area contributed by atoms with Crippen LogP contribution >= 0.6 is 0 Å². The Labute approximate surface area is 280 Å². The molecule has 2 amide bonds. The minimum atomic E-state index is -5.08. The number of carboxylic acids is 3. The number of nitrogens with one attached hydrogen (secondary N) is 5. The van der Waals surface area contributed by atoms with Crippen LogP contribution in [0, 0.1) is 5.41 Å². The fraction of sp³-hybridized carbons (Fsp3) is 0.760. The van der Waals surface area contributed by atoms with E-state index in [-0.39, 0.29) is 5.96 Å². The molecule has 50 heavy (non-hydrogen) atoms. The first-order chi connectivity index (χ1) is 22.8. The summed E-state index contributed by atoms with van der Waals surface area (Å²) in [5, 5.41) is 49.4. The van der Waals surface area contributed by atoms with Crippen LogP contribution in [0.2, 0.25) is 0 Å². The number of nitrogens with two attached hydrogens (primary N) is 2. The molecule has 0 spiro atoms. The lowest BCUT2D eigenvalue weighted by atomic mass is 10.1. The highest BCUT2D eigenvalue weighted by Gasteiger charge is 2.39. The van der Waals surface area contributed by atoms with Crippen LogP contribution in [0.3, 0.4) is 0 Å². The summed E-state index contributed by atoms with van der Waals surface area (Å²) in [6, 6.07) is 0. The Bertz CT molecular complexity index is 929. The van der Waals surface area contributed by atoms with Crippen molar-refractivity contribution in [2.24, 2.45) is 11.5 Å². The minimum Gasteiger partial charge on any atom is -0.475 e. The molecule has 0 aromatic carbocycles. The number of amides is 2. The predicted octanol–water partition coefficient (Wildman–Crippen LogP) is 1.02. The lowest BCUT2D eigenvalue weighted by Crippen LogP contribution is -2.46. The monoisotopic (exact) mass is 757 g/mol. The number of rotatable bonds is 19. The summed E-state index contributed by atoms with van der Waals surface area (Å²) in [6.45, 7) is 4.02. The van der Waals surface area contributed by atoms with Gasteiger partial charge < -0.3 is 53.2 Å². The topological polar surface area (TPSA) is 290 Å². The second-order valence-corrected chi connectivity index (χ2v) is 9.45. The van der Waals surface area contributed by atoms with Crippen LogP contribution in [0.25, 0.3) is 0 Å². The van der Waals surface area contributed by atoms with Gasteiger partial charge >= 0.3 is 36.4 Å². The molecular weight excluding hydrogens is 713 g/mol. The molecule has 0 heterocycles. The number of carboxylic acid groups (broad SMARTS) is 3. The molecule has 13 N–H and O–H groups in total. The van der Waals surface area contributed by atoms with Crippen LogP contribution in [-0.2, 0) is 24.0 Å². The largest absolute Gasteiger partial charge is 0.490 e. The maximum Gasteiger partial charge on any atom is 0.490 e. The summed E-state index contributed by atoms with van der Waals surface area (Å²) >= 11 is 0. The van der Waals surface area contributed by atoms with Crippen molar-refractivity contribution in [1.82, 2.24) is 21.3 Å². The number of halogens is 9. The van der Waals surface area contributed by atoms with E-state index in [1.807, 2.05) is 0 Å². The number of aliphatic hydroxyl groups is 1. The third-order valence-electron chi connectivity index (χ3n) is 5.08. The summed E-state index contributed by atoms with van der Waals surface area (Å²) in [5.41, 5.74) is 10.6. The van der Waals surface area contributed by atoms with Gasteiger partial charge in [-0.3, -0.25) is 15.0 Å². The summed E-state index contributed by atoms with van der Waals surface area (Å²) in [4.78, 5) is 50.3. The Kier molecular flexibility index (Phi) is 31.4. The highest BCUT2D eigenvalue weighted by Crippen LogP contribution is 2.14. The first-order valence-corrected chi connectivity index (χ1v) is 14.4. The molecule has 1 atom stereocenters. The minimum absolute atomic E-state index is 0.00275. The molecule has 0 saturated carbocycles. The Morgan fingerprint density at radius 1 is 0.540 bits per heavy atom. The van der Waals surface area contributed by atoms with Crippen molar-refractivity contribution in [3.05, 3.63) is 0 Å². The number of alkyl halides is 9. The van der Waals surface area contributed by atoms with Crippen LogP contribution in [0.1, 0.15) is 57.8 Å². The molecule has 0 fully saturated rings. The molecule has 0 radical (unpaired) electrons. The molecule has 0 aliphatic heterocycles. The molecule has 0 saturated heterocycles. The van der Waals surface area contributed by atoms with E-state index in [1.54, 1.807) is 0 Å². The molecule has 16 nitrogen and oxygen atoms in total. The molecule has 0 aromatic rings. The number of unbranched alkanes of at least 4 members (excludes halogenated alkanes) is 6. The van der Waals surface area contributed by atoms with Crippen molar-refractivity contribution >= 4 is 35.7 Å². The normalized spacial score (nSPS) is 11.5. The molecule has 0 aliphatic rings. The Balaban J connectivity index is -0.000000403. The van der Waals surface area contributed by atoms with Crippen molar-refractivity contribution in [3.8, 4) is 0 Å². The van der Waals surface area contributed by atoms with Crippen LogP contribution in [0.5, 0.6) is 0 Å². The summed E-state index contributed by atoms with van der Waals surface area (Å²) in [6.07, 6.45) is -8.32. The van der Waals surface area contributed by atoms with E-state index < -0.39 is 54.4 Å². The fourth-order valence-electron chi connectivity index (χ4n) is 2.64. The lowest BCUT2D eigenvalue weighted by Gasteiger charge is -2.12. The van der Waals surface area contributed by atoms with Gasteiger partial charge in [0.2, 0.25) is 6.10 Å². The van der Waals surface area contributed by atoms with Crippen LogP contribution < -0.4 is 32.7 Å². The second-order valence-electron chi connectivity index (χ2n) is 9.45. The Morgan fingerprint density at radius 2 is 0.800 bits per heavy atom. The SMILES string of the molecule is N=C(N)NCCCCCCCCNC(=O)C(O)C(=O)NCCCCNCCCN.O=C(O)C(F)(F)F.O=C(O)C(F)(F)F.O=C(O)C(F)(F)F. The van der Waals surface area contributed by atoms with Crippen molar-refractivity contribution in [2.75, 3.05) is 39.3 Å². The first-order valence-electron chi connectivity index (χ1n) is 14.4. The van der Waals surface area contributed by atoms with Crippen molar-refractivity contribution in [3.63, 3.8) is 0 Å². The molecule has 0 bridgehead atoms. The van der Waals surface area contributed by atoms with E-state index in [0.717, 1.165) is 77.4 Å². The van der Waals surface area contributed by atoms with Gasteiger partial charge in [-0.05, 0) is 51.7 Å². The van der Waals surface area contributed by atoms with Crippen LogP contribution in [0.15, 0.2) is 0 Å². The number of aliphatic carboxylic acids is 3. The molecule has 0 aromatic heterocycles. The summed E-state index contributed by atoms with van der Waals surface area (Å²) in [7, 11) is 0. The highest BCUT2D eigenvalue weighted by molar-refractivity contribution is 6.02. The number of guanidine groups is 1. The van der Waals surface area contributed by atoms with E-state index in [1.165, 1.54) is 0 Å². The summed E-state index contributed by atoms with van der Waals surface area (Å²) < 4.78 is 95.2. The van der Waals surface area contributed by atoms with Gasteiger partial charge in [-0.15, -0.1) is 0 Å². The van der Waals surface area contributed by atoms with Gasteiger partial charge in [-0.25, -0.2) is 14.4 Å². The molecule has 25 heteroatoms. The van der Waals surface area contributed by atoms with Gasteiger partial charge in [0.15, 0.2) is 5.96 Å². The Hall–Kier alpha value is -4.13. The van der Waals surface area contributed by atoms with Gasteiger partial charge in [0.25, 0.3) is 11.8 Å². The lowest BCUT2D eigenvalue weighted by molar-refractivity contribution is -0.193. The molecule has 0 aliphatic carbocycles. The summed E-state index contributed by atoms with van der Waals surface area (Å²) in [5.74, 6) is -9.57. The van der Waals surface area contributed by atoms with E-state index in [4.69, 9.17) is 46.6 Å². The van der Waals surface area contributed by atoms with E-state index in [0.29, 0.717) is 19.6 Å². The smallest absolute Gasteiger partial charge is 0.475 e. The predicted molar refractivity (Wildman–Crippen MR) is 156 cm³/mol. The average molecular weight is 758 g/mol. The standard InChI is InChI=1S/C19H41N7O3.3C2HF3O2/c20-10-9-12-23-11-7-8-14-25-18(29)16(27)17(28)24-13-5-3-1-2-4-6-15-26-19(21)22;3*3-2(4,5)1(6)7/h16,23,27H,1-15,20H2,(H,24,28)(H,25,29)(H4,21,22,26);3*(H,6,7). The number of carbonyl (C=O) groups is 5. The number of carbonyl (C=O) groups excluding carboxylic acids is 2. The second kappa shape index (κ2) is 29.8. The third-order valence-corrected chi connectivity index (χ3v) is 5.08. The number of aliphatic hydroxyl groups excluding tert-OH is 1. The van der Waals surface area contributed by atoms with E-state index in [9.17, 15) is 54.2 Å². The van der Waals surface area contributed by atoms with Gasteiger partial charge in [0.1, 0.15) is 0 Å².